The van der Waals surface area contributed by atoms with E-state index in [1.165, 1.54) is 11.0 Å². The van der Waals surface area contributed by atoms with E-state index in [0.29, 0.717) is 18.5 Å². The smallest absolute Gasteiger partial charge is 0.244 e. The van der Waals surface area contributed by atoms with Crippen LogP contribution in [0.25, 0.3) is 0 Å². The fourth-order valence-electron chi connectivity index (χ4n) is 4.45. The topological polar surface area (TPSA) is 86.8 Å². The molecule has 0 aliphatic heterocycles. The van der Waals surface area contributed by atoms with Crippen molar-refractivity contribution in [1.29, 1.82) is 0 Å². The largest absolute Gasteiger partial charge is 0.352 e. The second-order valence-corrected chi connectivity index (χ2v) is 11.8. The summed E-state index contributed by atoms with van der Waals surface area (Å²) in [5.74, 6) is -1.51. The molecule has 0 saturated carbocycles. The van der Waals surface area contributed by atoms with Gasteiger partial charge in [-0.25, -0.2) is 12.8 Å². The Balaban J connectivity index is 2.09. The summed E-state index contributed by atoms with van der Waals surface area (Å²) in [6.45, 7) is 4.97. The Labute approximate surface area is 237 Å². The monoisotopic (exact) mass is 567 g/mol. The van der Waals surface area contributed by atoms with Crippen molar-refractivity contribution in [2.75, 3.05) is 17.1 Å². The van der Waals surface area contributed by atoms with Gasteiger partial charge in [0, 0.05) is 24.6 Å². The van der Waals surface area contributed by atoms with Crippen LogP contribution in [0.2, 0.25) is 0 Å². The normalized spacial score (nSPS) is 12.8. The molecule has 1 N–H and O–H groups in total. The van der Waals surface area contributed by atoms with Crippen molar-refractivity contribution in [3.05, 3.63) is 101 Å². The minimum absolute atomic E-state index is 0.153. The summed E-state index contributed by atoms with van der Waals surface area (Å²) in [6.07, 6.45) is 2.46. The maximum Gasteiger partial charge on any atom is 0.244 e. The quantitative estimate of drug-likeness (QED) is 0.324. The van der Waals surface area contributed by atoms with Gasteiger partial charge in [-0.05, 0) is 43.0 Å². The number of anilines is 1. The standard InChI is InChI=1S/C31H38FN3O4S/c1-5-23(3)33-31(37)29(20-24-14-8-7-9-15-24)34(21-26-17-10-12-18-27(26)32)30(36)22-35(40(4,38)39)28-19-13-11-16-25(28)6-2/h7-19,23,29H,5-6,20-22H2,1-4H3,(H,33,37)/t23-,29+/m0/s1. The number of hydrogen-bond acceptors (Lipinski definition) is 4. The number of aryl methyl sites for hydroxylation is 1. The summed E-state index contributed by atoms with van der Waals surface area (Å²) in [5.41, 5.74) is 2.20. The van der Waals surface area contributed by atoms with Gasteiger partial charge in [0.2, 0.25) is 21.8 Å². The summed E-state index contributed by atoms with van der Waals surface area (Å²) in [5, 5.41) is 2.96. The lowest BCUT2D eigenvalue weighted by molar-refractivity contribution is -0.140. The van der Waals surface area contributed by atoms with E-state index >= 15 is 0 Å². The first-order valence-corrected chi connectivity index (χ1v) is 15.3. The first kappa shape index (κ1) is 30.8. The van der Waals surface area contributed by atoms with Crippen molar-refractivity contribution in [3.63, 3.8) is 0 Å². The summed E-state index contributed by atoms with van der Waals surface area (Å²) in [7, 11) is -3.88. The lowest BCUT2D eigenvalue weighted by Crippen LogP contribution is -2.54. The van der Waals surface area contributed by atoms with Gasteiger partial charge in [0.25, 0.3) is 0 Å². The van der Waals surface area contributed by atoms with Crippen LogP contribution in [0.1, 0.15) is 43.9 Å². The second-order valence-electron chi connectivity index (χ2n) is 9.89. The van der Waals surface area contributed by atoms with E-state index in [-0.39, 0.29) is 30.5 Å². The molecular weight excluding hydrogens is 529 g/mol. The van der Waals surface area contributed by atoms with E-state index in [0.717, 1.165) is 21.7 Å². The Kier molecular flexibility index (Phi) is 10.8. The van der Waals surface area contributed by atoms with Crippen LogP contribution in [-0.2, 0) is 39.0 Å². The number of halogens is 1. The van der Waals surface area contributed by atoms with Crippen LogP contribution in [0.5, 0.6) is 0 Å². The highest BCUT2D eigenvalue weighted by molar-refractivity contribution is 7.92. The molecule has 3 aromatic rings. The van der Waals surface area contributed by atoms with Gasteiger partial charge in [0.1, 0.15) is 18.4 Å². The maximum atomic E-state index is 14.8. The number of benzene rings is 3. The number of para-hydroxylation sites is 1. The highest BCUT2D eigenvalue weighted by atomic mass is 32.2. The zero-order valence-electron chi connectivity index (χ0n) is 23.5. The Bertz CT molecular complexity index is 1400. The third-order valence-corrected chi connectivity index (χ3v) is 8.02. The number of carbonyl (C=O) groups is 2. The average Bonchev–Trinajstić information content (AvgIpc) is 2.94. The molecule has 40 heavy (non-hydrogen) atoms. The molecule has 0 aliphatic carbocycles. The molecule has 0 aliphatic rings. The number of carbonyl (C=O) groups excluding carboxylic acids is 2. The summed E-state index contributed by atoms with van der Waals surface area (Å²) in [6, 6.07) is 21.2. The lowest BCUT2D eigenvalue weighted by atomic mass is 10.0. The maximum absolute atomic E-state index is 14.8. The molecule has 0 spiro atoms. The van der Waals surface area contributed by atoms with Gasteiger partial charge >= 0.3 is 0 Å². The third kappa shape index (κ3) is 8.14. The van der Waals surface area contributed by atoms with Gasteiger partial charge in [0.05, 0.1) is 11.9 Å². The number of sulfonamides is 1. The molecule has 3 rings (SSSR count). The molecule has 0 radical (unpaired) electrons. The molecule has 0 unspecified atom stereocenters. The average molecular weight is 568 g/mol. The number of rotatable bonds is 13. The van der Waals surface area contributed by atoms with Crippen molar-refractivity contribution >= 4 is 27.5 Å². The summed E-state index contributed by atoms with van der Waals surface area (Å²) < 4.78 is 41.8. The van der Waals surface area contributed by atoms with Crippen LogP contribution in [0, 0.1) is 5.82 Å². The summed E-state index contributed by atoms with van der Waals surface area (Å²) in [4.78, 5) is 29.1. The lowest BCUT2D eigenvalue weighted by Gasteiger charge is -2.34. The van der Waals surface area contributed by atoms with Crippen LogP contribution in [0.4, 0.5) is 10.1 Å². The second kappa shape index (κ2) is 14.1. The van der Waals surface area contributed by atoms with E-state index in [9.17, 15) is 22.4 Å². The minimum Gasteiger partial charge on any atom is -0.352 e. The van der Waals surface area contributed by atoms with Crippen molar-refractivity contribution in [2.24, 2.45) is 0 Å². The van der Waals surface area contributed by atoms with Gasteiger partial charge in [0.15, 0.2) is 0 Å². The molecule has 0 fully saturated rings. The van der Waals surface area contributed by atoms with Crippen LogP contribution < -0.4 is 9.62 Å². The van der Waals surface area contributed by atoms with Gasteiger partial charge < -0.3 is 10.2 Å². The van der Waals surface area contributed by atoms with Gasteiger partial charge in [-0.15, -0.1) is 0 Å². The third-order valence-electron chi connectivity index (χ3n) is 6.89. The molecule has 0 aromatic heterocycles. The molecule has 0 saturated heterocycles. The highest BCUT2D eigenvalue weighted by Gasteiger charge is 2.34. The van der Waals surface area contributed by atoms with E-state index < -0.39 is 34.3 Å². The molecule has 7 nitrogen and oxygen atoms in total. The number of amides is 2. The molecule has 214 valence electrons. The fourth-order valence-corrected chi connectivity index (χ4v) is 5.33. The molecule has 0 heterocycles. The highest BCUT2D eigenvalue weighted by Crippen LogP contribution is 2.25. The van der Waals surface area contributed by atoms with Crippen molar-refractivity contribution < 1.29 is 22.4 Å². The Morgan fingerprint density at radius 3 is 2.10 bits per heavy atom. The number of nitrogens with zero attached hydrogens (tertiary/aromatic N) is 2. The number of hydrogen-bond donors (Lipinski definition) is 1. The van der Waals surface area contributed by atoms with Gasteiger partial charge in [-0.3, -0.25) is 13.9 Å². The zero-order valence-corrected chi connectivity index (χ0v) is 24.3. The predicted molar refractivity (Wildman–Crippen MR) is 157 cm³/mol. The Morgan fingerprint density at radius 1 is 0.900 bits per heavy atom. The Morgan fingerprint density at radius 2 is 1.50 bits per heavy atom. The van der Waals surface area contributed by atoms with E-state index in [4.69, 9.17) is 0 Å². The first-order valence-electron chi connectivity index (χ1n) is 13.5. The zero-order chi connectivity index (χ0) is 29.3. The Hall–Kier alpha value is -3.72. The van der Waals surface area contributed by atoms with Crippen LogP contribution >= 0.6 is 0 Å². The molecule has 0 bridgehead atoms. The predicted octanol–water partition coefficient (Wildman–Crippen LogP) is 4.71. The number of nitrogens with one attached hydrogen (secondary N) is 1. The van der Waals surface area contributed by atoms with Crippen LogP contribution in [-0.4, -0.2) is 50.0 Å². The van der Waals surface area contributed by atoms with Gasteiger partial charge in [-0.1, -0.05) is 80.6 Å². The van der Waals surface area contributed by atoms with Crippen molar-refractivity contribution in [2.45, 2.75) is 58.7 Å². The van der Waals surface area contributed by atoms with E-state index in [1.807, 2.05) is 63.2 Å². The van der Waals surface area contributed by atoms with Crippen molar-refractivity contribution in [1.82, 2.24) is 10.2 Å². The van der Waals surface area contributed by atoms with Crippen LogP contribution in [0.3, 0.4) is 0 Å². The van der Waals surface area contributed by atoms with E-state index in [1.54, 1.807) is 30.3 Å². The molecule has 3 aromatic carbocycles. The first-order chi connectivity index (χ1) is 19.0. The van der Waals surface area contributed by atoms with E-state index in [2.05, 4.69) is 5.32 Å². The molecule has 2 amide bonds. The fraction of sp³-hybridized carbons (Fsp3) is 0.355. The van der Waals surface area contributed by atoms with Crippen LogP contribution in [0.15, 0.2) is 78.9 Å². The molecule has 9 heteroatoms. The summed E-state index contributed by atoms with van der Waals surface area (Å²) >= 11 is 0. The molecule has 2 atom stereocenters. The van der Waals surface area contributed by atoms with Crippen molar-refractivity contribution in [3.8, 4) is 0 Å². The SMILES string of the molecule is CCc1ccccc1N(CC(=O)N(Cc1ccccc1F)[C@H](Cc1ccccc1)C(=O)N[C@@H](C)CC)S(C)(=O)=O. The van der Waals surface area contributed by atoms with Gasteiger partial charge in [-0.2, -0.15) is 0 Å². The molecular formula is C31H38FN3O4S. The minimum atomic E-state index is -3.88.